The quantitative estimate of drug-likeness (QED) is 0.343. The van der Waals surface area contributed by atoms with Gasteiger partial charge in [-0.15, -0.1) is 5.30 Å². The molecule has 0 aromatic heterocycles. The minimum atomic E-state index is 0. The molecule has 2 aromatic carbocycles. The molecule has 0 amide bonds. The van der Waals surface area contributed by atoms with Gasteiger partial charge in [0.15, 0.2) is 0 Å². The summed E-state index contributed by atoms with van der Waals surface area (Å²) in [6.07, 6.45) is 4.08. The van der Waals surface area contributed by atoms with E-state index in [0.29, 0.717) is 0 Å². The van der Waals surface area contributed by atoms with Gasteiger partial charge in [-0.05, 0) is 6.16 Å². The van der Waals surface area contributed by atoms with E-state index in [9.17, 15) is 0 Å². The van der Waals surface area contributed by atoms with E-state index in [1.807, 2.05) is 30.3 Å². The summed E-state index contributed by atoms with van der Waals surface area (Å²) in [5.41, 5.74) is 0. The maximum Gasteiger partial charge on any atom is 0 e. The molecule has 0 nitrogen and oxygen atoms in total. The smallest absolute Gasteiger partial charge is 0 e. The number of hydrogen-bond acceptors (Lipinski definition) is 0. The molecule has 1 atom stereocenters. The molecule has 0 saturated heterocycles. The molecule has 0 heterocycles. The van der Waals surface area contributed by atoms with Crippen molar-refractivity contribution in [1.29, 1.82) is 0 Å². The molecule has 0 N–H and O–H groups in total. The van der Waals surface area contributed by atoms with E-state index in [1.165, 1.54) is 24.3 Å². The van der Waals surface area contributed by atoms with E-state index in [1.54, 1.807) is 0 Å². The summed E-state index contributed by atoms with van der Waals surface area (Å²) in [5.74, 6) is 0. The first-order chi connectivity index (χ1) is 7.43. The van der Waals surface area contributed by atoms with Gasteiger partial charge in [0.05, 0.1) is 0 Å². The van der Waals surface area contributed by atoms with E-state index < -0.39 is 0 Å². The molecule has 0 aliphatic rings. The van der Waals surface area contributed by atoms with Crippen LogP contribution < -0.4 is 5.30 Å². The molecule has 2 rings (SSSR count). The van der Waals surface area contributed by atoms with E-state index in [0.717, 1.165) is 8.58 Å². The summed E-state index contributed by atoms with van der Waals surface area (Å²) < 4.78 is 0. The summed E-state index contributed by atoms with van der Waals surface area (Å²) in [4.78, 5) is 0. The van der Waals surface area contributed by atoms with Crippen molar-refractivity contribution in [3.05, 3.63) is 54.6 Å². The standard InChI is InChI=1S/C9H14P.C5H5.Fe/c1-2-3-8-10-9-6-4-5-7-9;1-2-4-5-3-1;/h4-7,10H,2-3,8H2,1H3;1-5H;/q-1;-5;. The van der Waals surface area contributed by atoms with Gasteiger partial charge >= 0.3 is 0 Å². The van der Waals surface area contributed by atoms with Gasteiger partial charge in [0, 0.05) is 17.1 Å². The van der Waals surface area contributed by atoms with Crippen molar-refractivity contribution in [2.45, 2.75) is 19.8 Å². The van der Waals surface area contributed by atoms with Crippen LogP contribution in [-0.4, -0.2) is 6.16 Å². The second-order valence-electron chi connectivity index (χ2n) is 3.42. The molecule has 0 saturated carbocycles. The van der Waals surface area contributed by atoms with Crippen LogP contribution in [0.3, 0.4) is 0 Å². The van der Waals surface area contributed by atoms with Gasteiger partial charge in [0.25, 0.3) is 0 Å². The van der Waals surface area contributed by atoms with Crippen molar-refractivity contribution in [1.82, 2.24) is 0 Å². The second kappa shape index (κ2) is 11.1. The van der Waals surface area contributed by atoms with E-state index >= 15 is 0 Å². The maximum absolute atomic E-state index is 2.25. The van der Waals surface area contributed by atoms with E-state index in [-0.39, 0.29) is 17.1 Å². The Balaban J connectivity index is 0.000000318. The van der Waals surface area contributed by atoms with E-state index in [2.05, 4.69) is 31.2 Å². The summed E-state index contributed by atoms with van der Waals surface area (Å²) in [7, 11) is 1.04. The Kier molecular flexibility index (Phi) is 10.9. The Morgan fingerprint density at radius 1 is 1.00 bits per heavy atom. The van der Waals surface area contributed by atoms with Crippen molar-refractivity contribution in [3.63, 3.8) is 0 Å². The third-order valence-electron chi connectivity index (χ3n) is 2.08. The van der Waals surface area contributed by atoms with Crippen molar-refractivity contribution >= 4 is 13.9 Å². The van der Waals surface area contributed by atoms with Gasteiger partial charge in [0.2, 0.25) is 0 Å². The van der Waals surface area contributed by atoms with Crippen LogP contribution in [0.2, 0.25) is 0 Å². The topological polar surface area (TPSA) is 0 Å². The number of rotatable bonds is 4. The Morgan fingerprint density at radius 2 is 1.50 bits per heavy atom. The fourth-order valence-corrected chi connectivity index (χ4v) is 2.47. The molecule has 16 heavy (non-hydrogen) atoms. The summed E-state index contributed by atoms with van der Waals surface area (Å²) in [6.45, 7) is 2.25. The van der Waals surface area contributed by atoms with Gasteiger partial charge in [-0.2, -0.15) is 20.7 Å². The SMILES string of the molecule is CCCCP[c-]1cccc1.[Fe].[cH-]1[cH-][cH-][cH-][cH-]1. The zero-order valence-corrected chi connectivity index (χ0v) is 11.8. The fourth-order valence-electron chi connectivity index (χ4n) is 1.22. The summed E-state index contributed by atoms with van der Waals surface area (Å²) >= 11 is 0. The number of unbranched alkanes of at least 4 members (excludes halogenated alkanes) is 1. The van der Waals surface area contributed by atoms with Gasteiger partial charge in [-0.1, -0.05) is 19.8 Å². The Labute approximate surface area is 111 Å². The molecule has 94 valence electrons. The van der Waals surface area contributed by atoms with Crippen LogP contribution in [0.15, 0.2) is 54.6 Å². The summed E-state index contributed by atoms with van der Waals surface area (Å²) in [6, 6.07) is 18.7. The molecule has 0 fully saturated rings. The molecule has 0 spiro atoms. The molecule has 0 bridgehead atoms. The third-order valence-corrected chi connectivity index (χ3v) is 3.42. The first-order valence-electron chi connectivity index (χ1n) is 5.55. The monoisotopic (exact) mass is 274 g/mol. The van der Waals surface area contributed by atoms with Crippen LogP contribution in [0.5, 0.6) is 0 Å². The van der Waals surface area contributed by atoms with Gasteiger partial charge in [-0.3, -0.25) is 0 Å². The molecule has 1 unspecified atom stereocenters. The van der Waals surface area contributed by atoms with Crippen molar-refractivity contribution in [2.75, 3.05) is 6.16 Å². The molecule has 0 radical (unpaired) electrons. The van der Waals surface area contributed by atoms with Crippen molar-refractivity contribution in [3.8, 4) is 0 Å². The van der Waals surface area contributed by atoms with Crippen LogP contribution in [0.1, 0.15) is 19.8 Å². The van der Waals surface area contributed by atoms with Crippen LogP contribution in [-0.2, 0) is 17.1 Å². The van der Waals surface area contributed by atoms with E-state index in [4.69, 9.17) is 0 Å². The molecule has 2 aromatic rings. The third kappa shape index (κ3) is 7.88. The normalized spacial score (nSPS) is 9.56. The minimum absolute atomic E-state index is 0. The first-order valence-corrected chi connectivity index (χ1v) is 6.76. The van der Waals surface area contributed by atoms with Crippen molar-refractivity contribution < 1.29 is 17.1 Å². The fraction of sp³-hybridized carbons (Fsp3) is 0.286. The maximum atomic E-state index is 2.25. The molecular weight excluding hydrogens is 255 g/mol. The predicted molar refractivity (Wildman–Crippen MR) is 71.8 cm³/mol. The zero-order chi connectivity index (χ0) is 10.8. The largest absolute Gasteiger partial charge is 0.748 e. The van der Waals surface area contributed by atoms with Gasteiger partial charge in [0.1, 0.15) is 0 Å². The van der Waals surface area contributed by atoms with Crippen LogP contribution in [0.25, 0.3) is 0 Å². The molecule has 0 aliphatic carbocycles. The predicted octanol–water partition coefficient (Wildman–Crippen LogP) is 3.91. The number of hydrogen-bond donors (Lipinski definition) is 0. The molecule has 0 aliphatic heterocycles. The second-order valence-corrected chi connectivity index (χ2v) is 4.85. The molecule has 2 heteroatoms. The van der Waals surface area contributed by atoms with Crippen LogP contribution in [0.4, 0.5) is 0 Å². The Bertz CT molecular complexity index is 280. The minimum Gasteiger partial charge on any atom is -0.748 e. The van der Waals surface area contributed by atoms with Crippen molar-refractivity contribution in [2.24, 2.45) is 0 Å². The van der Waals surface area contributed by atoms with Crippen LogP contribution >= 0.6 is 8.58 Å². The zero-order valence-electron chi connectivity index (χ0n) is 9.67. The van der Waals surface area contributed by atoms with Gasteiger partial charge in [-0.25, -0.2) is 12.1 Å². The average molecular weight is 274 g/mol. The summed E-state index contributed by atoms with van der Waals surface area (Å²) in [5, 5.41) is 1.52. The first kappa shape index (κ1) is 15.6. The molecular formula is C14H19FeP-6. The Hall–Kier alpha value is -0.351. The Morgan fingerprint density at radius 3 is 1.94 bits per heavy atom. The van der Waals surface area contributed by atoms with Gasteiger partial charge < -0.3 is 30.3 Å². The van der Waals surface area contributed by atoms with Crippen LogP contribution in [0, 0.1) is 0 Å². The average Bonchev–Trinajstić information content (AvgIpc) is 2.94.